The topological polar surface area (TPSA) is 58.6 Å². The number of hydrogen-bond acceptors (Lipinski definition) is 3. The van der Waals surface area contributed by atoms with Crippen LogP contribution in [0.3, 0.4) is 0 Å². The van der Waals surface area contributed by atoms with E-state index in [0.29, 0.717) is 24.2 Å². The molecule has 1 unspecified atom stereocenters. The van der Waals surface area contributed by atoms with E-state index in [0.717, 1.165) is 0 Å². The number of ether oxygens (including phenoxy) is 1. The molecule has 0 bridgehead atoms. The Balaban J connectivity index is 2.80. The Bertz CT molecular complexity index is 409. The molecule has 2 N–H and O–H groups in total. The monoisotopic (exact) mass is 255 g/mol. The summed E-state index contributed by atoms with van der Waals surface area (Å²) in [5.74, 6) is -0.550. The molecule has 0 radical (unpaired) electrons. The summed E-state index contributed by atoms with van der Waals surface area (Å²) < 4.78 is 18.4. The van der Waals surface area contributed by atoms with E-state index in [-0.39, 0.29) is 18.3 Å². The number of aliphatic carboxylic acids is 1. The summed E-state index contributed by atoms with van der Waals surface area (Å²) >= 11 is 0. The molecular weight excluding hydrogens is 237 g/mol. The summed E-state index contributed by atoms with van der Waals surface area (Å²) in [7, 11) is 3.29. The van der Waals surface area contributed by atoms with Crippen LogP contribution in [-0.4, -0.2) is 25.2 Å². The van der Waals surface area contributed by atoms with Gasteiger partial charge >= 0.3 is 5.97 Å². The summed E-state index contributed by atoms with van der Waals surface area (Å²) in [6, 6.07) is 4.22. The van der Waals surface area contributed by atoms with Crippen molar-refractivity contribution >= 4 is 5.97 Å². The van der Waals surface area contributed by atoms with E-state index in [1.165, 1.54) is 19.2 Å². The molecule has 1 aromatic carbocycles. The van der Waals surface area contributed by atoms with Gasteiger partial charge in [0.25, 0.3) is 0 Å². The van der Waals surface area contributed by atoms with Gasteiger partial charge in [-0.25, -0.2) is 4.39 Å². The van der Waals surface area contributed by atoms with Crippen molar-refractivity contribution in [2.24, 2.45) is 0 Å². The number of carboxylic acid groups (broad SMARTS) is 1. The molecule has 4 nitrogen and oxygen atoms in total. The number of methoxy groups -OCH3 is 1. The first-order chi connectivity index (χ1) is 8.58. The third kappa shape index (κ3) is 4.00. The quantitative estimate of drug-likeness (QED) is 0.785. The molecule has 1 rings (SSSR count). The van der Waals surface area contributed by atoms with Gasteiger partial charge in [0.2, 0.25) is 0 Å². The first-order valence-corrected chi connectivity index (χ1v) is 5.81. The maximum Gasteiger partial charge on any atom is 0.303 e. The van der Waals surface area contributed by atoms with Crippen LogP contribution in [0.1, 0.15) is 30.9 Å². The summed E-state index contributed by atoms with van der Waals surface area (Å²) in [6.07, 6.45) is 1.25. The summed E-state index contributed by atoms with van der Waals surface area (Å²) in [4.78, 5) is 10.5. The van der Waals surface area contributed by atoms with Crippen LogP contribution in [0.5, 0.6) is 5.75 Å². The molecule has 18 heavy (non-hydrogen) atoms. The summed E-state index contributed by atoms with van der Waals surface area (Å²) in [5.41, 5.74) is 0.713. The van der Waals surface area contributed by atoms with Crippen LogP contribution < -0.4 is 10.1 Å². The van der Waals surface area contributed by atoms with E-state index in [1.807, 2.05) is 0 Å². The molecule has 0 spiro atoms. The SMILES string of the molecule is CNC(CCCC(=O)O)c1cc(F)ccc1OC. The van der Waals surface area contributed by atoms with Crippen molar-refractivity contribution in [1.29, 1.82) is 0 Å². The second-order valence-corrected chi connectivity index (χ2v) is 4.01. The lowest BCUT2D eigenvalue weighted by Crippen LogP contribution is -2.17. The minimum atomic E-state index is -0.823. The van der Waals surface area contributed by atoms with E-state index in [4.69, 9.17) is 9.84 Å². The second kappa shape index (κ2) is 6.96. The number of benzene rings is 1. The Morgan fingerprint density at radius 3 is 2.83 bits per heavy atom. The van der Waals surface area contributed by atoms with E-state index < -0.39 is 5.97 Å². The smallest absolute Gasteiger partial charge is 0.303 e. The van der Waals surface area contributed by atoms with Crippen LogP contribution in [0.4, 0.5) is 4.39 Å². The minimum Gasteiger partial charge on any atom is -0.496 e. The highest BCUT2D eigenvalue weighted by Crippen LogP contribution is 2.28. The van der Waals surface area contributed by atoms with Gasteiger partial charge in [-0.2, -0.15) is 0 Å². The molecule has 0 aliphatic heterocycles. The Labute approximate surface area is 106 Å². The summed E-state index contributed by atoms with van der Waals surface area (Å²) in [6.45, 7) is 0. The highest BCUT2D eigenvalue weighted by molar-refractivity contribution is 5.66. The fourth-order valence-corrected chi connectivity index (χ4v) is 1.89. The lowest BCUT2D eigenvalue weighted by atomic mass is 10.00. The number of halogens is 1. The molecule has 0 aliphatic carbocycles. The van der Waals surface area contributed by atoms with Crippen LogP contribution in [0.15, 0.2) is 18.2 Å². The molecule has 1 aromatic rings. The van der Waals surface area contributed by atoms with Crippen LogP contribution in [0, 0.1) is 5.82 Å². The molecule has 0 heterocycles. The van der Waals surface area contributed by atoms with E-state index >= 15 is 0 Å². The standard InChI is InChI=1S/C13H18FNO3/c1-15-11(4-3-5-13(16)17)10-8-9(14)6-7-12(10)18-2/h6-8,11,15H,3-5H2,1-2H3,(H,16,17). The van der Waals surface area contributed by atoms with Crippen LogP contribution in [-0.2, 0) is 4.79 Å². The van der Waals surface area contributed by atoms with Crippen molar-refractivity contribution in [2.45, 2.75) is 25.3 Å². The number of nitrogens with one attached hydrogen (secondary N) is 1. The number of hydrogen-bond donors (Lipinski definition) is 2. The predicted octanol–water partition coefficient (Wildman–Crippen LogP) is 2.35. The van der Waals surface area contributed by atoms with E-state index in [1.54, 1.807) is 13.1 Å². The molecule has 0 aromatic heterocycles. The summed E-state index contributed by atoms with van der Waals surface area (Å²) in [5, 5.41) is 11.7. The zero-order chi connectivity index (χ0) is 13.5. The maximum atomic E-state index is 13.3. The van der Waals surface area contributed by atoms with Gasteiger partial charge in [0.1, 0.15) is 11.6 Å². The Hall–Kier alpha value is -1.62. The van der Waals surface area contributed by atoms with Crippen molar-refractivity contribution < 1.29 is 19.0 Å². The van der Waals surface area contributed by atoms with Crippen molar-refractivity contribution in [3.63, 3.8) is 0 Å². The van der Waals surface area contributed by atoms with Crippen LogP contribution >= 0.6 is 0 Å². The van der Waals surface area contributed by atoms with Crippen LogP contribution in [0.2, 0.25) is 0 Å². The molecule has 0 saturated carbocycles. The van der Waals surface area contributed by atoms with Gasteiger partial charge in [0.15, 0.2) is 0 Å². The highest BCUT2D eigenvalue weighted by Gasteiger charge is 2.15. The van der Waals surface area contributed by atoms with Gasteiger partial charge < -0.3 is 15.2 Å². The first-order valence-electron chi connectivity index (χ1n) is 5.81. The lowest BCUT2D eigenvalue weighted by Gasteiger charge is -2.19. The molecule has 0 fully saturated rings. The minimum absolute atomic E-state index is 0.107. The molecule has 0 aliphatic rings. The van der Waals surface area contributed by atoms with Crippen molar-refractivity contribution in [2.75, 3.05) is 14.2 Å². The predicted molar refractivity (Wildman–Crippen MR) is 66.2 cm³/mol. The number of carbonyl (C=O) groups is 1. The van der Waals surface area contributed by atoms with Gasteiger partial charge in [-0.15, -0.1) is 0 Å². The van der Waals surface area contributed by atoms with Gasteiger partial charge in [0, 0.05) is 18.0 Å². The van der Waals surface area contributed by atoms with Crippen molar-refractivity contribution in [3.8, 4) is 5.75 Å². The number of carboxylic acids is 1. The molecular formula is C13H18FNO3. The van der Waals surface area contributed by atoms with Crippen molar-refractivity contribution in [1.82, 2.24) is 5.32 Å². The Morgan fingerprint density at radius 1 is 1.56 bits per heavy atom. The average Bonchev–Trinajstić information content (AvgIpc) is 2.34. The average molecular weight is 255 g/mol. The van der Waals surface area contributed by atoms with Gasteiger partial charge in [-0.1, -0.05) is 0 Å². The third-order valence-electron chi connectivity index (χ3n) is 2.80. The molecule has 5 heteroatoms. The first kappa shape index (κ1) is 14.4. The maximum absolute atomic E-state index is 13.3. The zero-order valence-corrected chi connectivity index (χ0v) is 10.6. The third-order valence-corrected chi connectivity index (χ3v) is 2.80. The van der Waals surface area contributed by atoms with Gasteiger partial charge in [0.05, 0.1) is 7.11 Å². The lowest BCUT2D eigenvalue weighted by molar-refractivity contribution is -0.137. The van der Waals surface area contributed by atoms with Gasteiger partial charge in [-0.05, 0) is 38.1 Å². The normalized spacial score (nSPS) is 12.2. The highest BCUT2D eigenvalue weighted by atomic mass is 19.1. The Morgan fingerprint density at radius 2 is 2.28 bits per heavy atom. The molecule has 100 valence electrons. The van der Waals surface area contributed by atoms with Gasteiger partial charge in [-0.3, -0.25) is 4.79 Å². The zero-order valence-electron chi connectivity index (χ0n) is 10.6. The fourth-order valence-electron chi connectivity index (χ4n) is 1.89. The largest absolute Gasteiger partial charge is 0.496 e. The van der Waals surface area contributed by atoms with Crippen LogP contribution in [0.25, 0.3) is 0 Å². The van der Waals surface area contributed by atoms with E-state index in [2.05, 4.69) is 5.32 Å². The molecule has 0 saturated heterocycles. The van der Waals surface area contributed by atoms with Crippen molar-refractivity contribution in [3.05, 3.63) is 29.6 Å². The number of rotatable bonds is 7. The Kier molecular flexibility index (Phi) is 5.58. The second-order valence-electron chi connectivity index (χ2n) is 4.01. The molecule has 1 atom stereocenters. The van der Waals surface area contributed by atoms with E-state index in [9.17, 15) is 9.18 Å². The molecule has 0 amide bonds. The fraction of sp³-hybridized carbons (Fsp3) is 0.462.